The number of hydrogen-bond acceptors (Lipinski definition) is 2. The topological polar surface area (TPSA) is 26.3 Å². The van der Waals surface area contributed by atoms with Gasteiger partial charge in [0.1, 0.15) is 11.5 Å². The van der Waals surface area contributed by atoms with Crippen LogP contribution < -0.4 is 4.74 Å². The highest BCUT2D eigenvalue weighted by atomic mass is 19.4. The van der Waals surface area contributed by atoms with Gasteiger partial charge in [-0.05, 0) is 19.1 Å². The average Bonchev–Trinajstić information content (AvgIpc) is 2.15. The molecule has 0 atom stereocenters. The Morgan fingerprint density at radius 3 is 2.44 bits per heavy atom. The van der Waals surface area contributed by atoms with Crippen molar-refractivity contribution in [3.63, 3.8) is 0 Å². The molecule has 0 unspecified atom stereocenters. The van der Waals surface area contributed by atoms with Crippen molar-refractivity contribution in [2.45, 2.75) is 19.5 Å². The first kappa shape index (κ1) is 12.5. The largest absolute Gasteiger partial charge is 0.496 e. The summed E-state index contributed by atoms with van der Waals surface area (Å²) in [6.45, 7) is 1.24. The van der Waals surface area contributed by atoms with Crippen molar-refractivity contribution >= 4 is 5.78 Å². The number of carbonyl (C=O) groups excluding carboxylic acids is 1. The summed E-state index contributed by atoms with van der Waals surface area (Å²) in [6.07, 6.45) is -4.75. The van der Waals surface area contributed by atoms with Crippen LogP contribution in [0.2, 0.25) is 0 Å². The molecule has 1 aromatic carbocycles. The average molecular weight is 232 g/mol. The number of benzene rings is 1. The summed E-state index contributed by atoms with van der Waals surface area (Å²) in [5.74, 6) is -0.250. The molecule has 0 amide bonds. The molecule has 0 saturated heterocycles. The van der Waals surface area contributed by atoms with Crippen LogP contribution in [-0.4, -0.2) is 12.9 Å². The van der Waals surface area contributed by atoms with Gasteiger partial charge in [-0.25, -0.2) is 0 Å². The molecule has 0 bridgehead atoms. The minimum Gasteiger partial charge on any atom is -0.496 e. The Kier molecular flexibility index (Phi) is 3.57. The summed E-state index contributed by atoms with van der Waals surface area (Å²) >= 11 is 0. The highest BCUT2D eigenvalue weighted by Crippen LogP contribution is 2.36. The zero-order valence-corrected chi connectivity index (χ0v) is 8.89. The molecule has 0 aliphatic heterocycles. The number of halogens is 3. The summed E-state index contributed by atoms with van der Waals surface area (Å²) in [5.41, 5.74) is -0.924. The fraction of sp³-hybridized carbons (Fsp3) is 0.364. The maximum atomic E-state index is 12.6. The zero-order valence-electron chi connectivity index (χ0n) is 8.89. The molecule has 16 heavy (non-hydrogen) atoms. The first-order chi connectivity index (χ1) is 7.36. The van der Waals surface area contributed by atoms with E-state index in [0.717, 1.165) is 6.07 Å². The molecule has 0 spiro atoms. The predicted octanol–water partition coefficient (Wildman–Crippen LogP) is 2.85. The van der Waals surface area contributed by atoms with Crippen molar-refractivity contribution in [2.75, 3.05) is 7.11 Å². The number of alkyl halides is 3. The number of Topliss-reactive ketones (excluding diaryl/α,β-unsaturated/α-hetero) is 1. The summed E-state index contributed by atoms with van der Waals surface area (Å²) in [7, 11) is 1.28. The van der Waals surface area contributed by atoms with Gasteiger partial charge in [-0.2, -0.15) is 13.2 Å². The van der Waals surface area contributed by atoms with Crippen LogP contribution in [0.25, 0.3) is 0 Å². The third-order valence-electron chi connectivity index (χ3n) is 2.08. The minimum absolute atomic E-state index is 0.0880. The van der Waals surface area contributed by atoms with Crippen molar-refractivity contribution in [1.82, 2.24) is 0 Å². The molecule has 0 aromatic heterocycles. The van der Waals surface area contributed by atoms with E-state index in [2.05, 4.69) is 0 Å². The third kappa shape index (κ3) is 2.74. The molecule has 1 aromatic rings. The highest BCUT2D eigenvalue weighted by Gasteiger charge is 2.34. The van der Waals surface area contributed by atoms with Gasteiger partial charge in [0.25, 0.3) is 0 Å². The van der Waals surface area contributed by atoms with Crippen molar-refractivity contribution < 1.29 is 22.7 Å². The lowest BCUT2D eigenvalue weighted by atomic mass is 10.0. The van der Waals surface area contributed by atoms with Crippen LogP contribution in [0.15, 0.2) is 18.2 Å². The van der Waals surface area contributed by atoms with Crippen molar-refractivity contribution in [2.24, 2.45) is 0 Å². The zero-order chi connectivity index (χ0) is 12.3. The fourth-order valence-corrected chi connectivity index (χ4v) is 1.45. The summed E-state index contributed by atoms with van der Waals surface area (Å²) in [6, 6.07) is 3.61. The minimum atomic E-state index is -4.47. The Balaban J connectivity index is 3.31. The number of hydrogen-bond donors (Lipinski definition) is 0. The van der Waals surface area contributed by atoms with Gasteiger partial charge in [0.05, 0.1) is 12.7 Å². The van der Waals surface area contributed by atoms with Crippen molar-refractivity contribution in [3.05, 3.63) is 29.3 Å². The molecule has 1 rings (SSSR count). The molecule has 0 aliphatic rings. The molecular weight excluding hydrogens is 221 g/mol. The molecule has 0 saturated carbocycles. The van der Waals surface area contributed by atoms with E-state index in [1.54, 1.807) is 0 Å². The molecule has 0 aliphatic carbocycles. The van der Waals surface area contributed by atoms with E-state index >= 15 is 0 Å². The molecular formula is C11H11F3O2. The maximum Gasteiger partial charge on any atom is 0.416 e. The smallest absolute Gasteiger partial charge is 0.416 e. The van der Waals surface area contributed by atoms with Crippen LogP contribution in [0.3, 0.4) is 0 Å². The summed E-state index contributed by atoms with van der Waals surface area (Å²) in [5, 5.41) is 0. The molecule has 0 radical (unpaired) electrons. The highest BCUT2D eigenvalue weighted by molar-refractivity contribution is 5.79. The van der Waals surface area contributed by atoms with E-state index in [-0.39, 0.29) is 23.5 Å². The van der Waals surface area contributed by atoms with Gasteiger partial charge in [0.2, 0.25) is 0 Å². The van der Waals surface area contributed by atoms with Gasteiger partial charge in [0, 0.05) is 12.0 Å². The van der Waals surface area contributed by atoms with E-state index < -0.39 is 11.7 Å². The normalized spacial score (nSPS) is 11.3. The number of ketones is 1. The van der Waals surface area contributed by atoms with E-state index in [9.17, 15) is 18.0 Å². The van der Waals surface area contributed by atoms with Crippen LogP contribution in [0.4, 0.5) is 13.2 Å². The molecule has 0 N–H and O–H groups in total. The second-order valence-corrected chi connectivity index (χ2v) is 3.36. The fourth-order valence-electron chi connectivity index (χ4n) is 1.45. The first-order valence-electron chi connectivity index (χ1n) is 4.58. The van der Waals surface area contributed by atoms with E-state index in [0.29, 0.717) is 0 Å². The number of ether oxygens (including phenoxy) is 1. The number of carbonyl (C=O) groups is 1. The van der Waals surface area contributed by atoms with Gasteiger partial charge in [-0.3, -0.25) is 4.79 Å². The molecule has 0 fully saturated rings. The van der Waals surface area contributed by atoms with E-state index in [4.69, 9.17) is 4.74 Å². The van der Waals surface area contributed by atoms with Crippen molar-refractivity contribution in [1.29, 1.82) is 0 Å². The Morgan fingerprint density at radius 2 is 2.00 bits per heavy atom. The van der Waals surface area contributed by atoms with Crippen LogP contribution in [0, 0.1) is 0 Å². The summed E-state index contributed by atoms with van der Waals surface area (Å²) < 4.78 is 42.8. The number of methoxy groups -OCH3 is 1. The lowest BCUT2D eigenvalue weighted by molar-refractivity contribution is -0.138. The SMILES string of the molecule is COc1cccc(C(F)(F)F)c1CC(C)=O. The van der Waals surface area contributed by atoms with Gasteiger partial charge in [-0.1, -0.05) is 6.07 Å². The standard InChI is InChI=1S/C11H11F3O2/c1-7(15)6-8-9(11(12,13)14)4-3-5-10(8)16-2/h3-5H,6H2,1-2H3. The second kappa shape index (κ2) is 4.55. The molecule has 88 valence electrons. The van der Waals surface area contributed by atoms with Crippen LogP contribution >= 0.6 is 0 Å². The van der Waals surface area contributed by atoms with Gasteiger partial charge in [-0.15, -0.1) is 0 Å². The number of rotatable bonds is 3. The monoisotopic (exact) mass is 232 g/mol. The van der Waals surface area contributed by atoms with Crippen molar-refractivity contribution in [3.8, 4) is 5.75 Å². The lowest BCUT2D eigenvalue weighted by Gasteiger charge is -2.14. The summed E-state index contributed by atoms with van der Waals surface area (Å²) in [4.78, 5) is 10.9. The van der Waals surface area contributed by atoms with Gasteiger partial charge in [0.15, 0.2) is 0 Å². The quantitative estimate of drug-likeness (QED) is 0.801. The Bertz CT molecular complexity index is 397. The van der Waals surface area contributed by atoms with Gasteiger partial charge < -0.3 is 4.74 Å². The molecule has 2 nitrogen and oxygen atoms in total. The second-order valence-electron chi connectivity index (χ2n) is 3.36. The molecule has 5 heteroatoms. The third-order valence-corrected chi connectivity index (χ3v) is 2.08. The van der Waals surface area contributed by atoms with Crippen LogP contribution in [0.1, 0.15) is 18.1 Å². The Labute approximate surface area is 91.0 Å². The Morgan fingerprint density at radius 1 is 1.38 bits per heavy atom. The van der Waals surface area contributed by atoms with Crippen LogP contribution in [-0.2, 0) is 17.4 Å². The van der Waals surface area contributed by atoms with E-state index in [1.807, 2.05) is 0 Å². The lowest BCUT2D eigenvalue weighted by Crippen LogP contribution is -2.12. The van der Waals surface area contributed by atoms with E-state index in [1.165, 1.54) is 26.2 Å². The predicted molar refractivity (Wildman–Crippen MR) is 52.4 cm³/mol. The maximum absolute atomic E-state index is 12.6. The first-order valence-corrected chi connectivity index (χ1v) is 4.58. The van der Waals surface area contributed by atoms with Crippen LogP contribution in [0.5, 0.6) is 5.75 Å². The Hall–Kier alpha value is -1.52. The molecule has 0 heterocycles. The van der Waals surface area contributed by atoms with Gasteiger partial charge >= 0.3 is 6.18 Å².